The first-order valence-electron chi connectivity index (χ1n) is 5.94. The number of nitrogens with one attached hydrogen (secondary N) is 1. The number of aliphatic hydroxyl groups is 1. The van der Waals surface area contributed by atoms with Gasteiger partial charge < -0.3 is 15.5 Å². The van der Waals surface area contributed by atoms with Gasteiger partial charge in [0.25, 0.3) is 0 Å². The van der Waals surface area contributed by atoms with Crippen LogP contribution in [0.1, 0.15) is 24.8 Å². The molecule has 0 unspecified atom stereocenters. The van der Waals surface area contributed by atoms with E-state index in [1.165, 1.54) is 6.07 Å². The molecule has 0 aliphatic heterocycles. The van der Waals surface area contributed by atoms with Gasteiger partial charge in [0.2, 0.25) is 0 Å². The summed E-state index contributed by atoms with van der Waals surface area (Å²) in [5.74, 6) is -0.461. The van der Waals surface area contributed by atoms with Gasteiger partial charge in [-0.15, -0.1) is 0 Å². The lowest BCUT2D eigenvalue weighted by atomic mass is 10.0. The Balaban J connectivity index is 1.82. The maximum Gasteiger partial charge on any atom is 0.127 e. The number of benzene rings is 1. The molecule has 0 heterocycles. The molecule has 3 N–H and O–H groups in total. The maximum absolute atomic E-state index is 13.0. The summed E-state index contributed by atoms with van der Waals surface area (Å²) in [5, 5.41) is 21.4. The molecular weight excluding hydrogens is 221 g/mol. The number of aromatic hydroxyl groups is 1. The molecule has 2 rings (SSSR count). The fourth-order valence-electron chi connectivity index (χ4n) is 2.14. The Morgan fingerprint density at radius 2 is 2.06 bits per heavy atom. The molecule has 0 atom stereocenters. The Bertz CT molecular complexity index is 371. The van der Waals surface area contributed by atoms with Crippen LogP contribution in [0.2, 0.25) is 0 Å². The number of hydrogen-bond donors (Lipinski definition) is 3. The van der Waals surface area contributed by atoms with Gasteiger partial charge in [-0.1, -0.05) is 0 Å². The molecule has 3 nitrogen and oxygen atoms in total. The van der Waals surface area contributed by atoms with Crippen LogP contribution in [0, 0.1) is 11.2 Å². The molecule has 1 aromatic carbocycles. The van der Waals surface area contributed by atoms with E-state index in [0.717, 1.165) is 37.4 Å². The van der Waals surface area contributed by atoms with Gasteiger partial charge in [0.05, 0.1) is 0 Å². The van der Waals surface area contributed by atoms with Crippen LogP contribution in [-0.2, 0) is 6.54 Å². The predicted octanol–water partition coefficient (Wildman–Crippen LogP) is 1.78. The van der Waals surface area contributed by atoms with E-state index in [1.807, 2.05) is 0 Å². The molecule has 0 spiro atoms. The molecular formula is C13H18FNO2. The molecule has 0 radical (unpaired) electrons. The van der Waals surface area contributed by atoms with Crippen LogP contribution in [0.25, 0.3) is 0 Å². The largest absolute Gasteiger partial charge is 0.508 e. The van der Waals surface area contributed by atoms with Crippen LogP contribution in [0.3, 0.4) is 0 Å². The van der Waals surface area contributed by atoms with Crippen molar-refractivity contribution in [2.75, 3.05) is 13.2 Å². The standard InChI is InChI=1S/C13H18FNO2/c14-11-5-10(6-12(17)7-11)8-15-9-13(1-2-13)3-4-16/h5-7,15-17H,1-4,8-9H2. The van der Waals surface area contributed by atoms with Gasteiger partial charge in [-0.2, -0.15) is 0 Å². The summed E-state index contributed by atoms with van der Waals surface area (Å²) < 4.78 is 13.0. The number of phenols is 1. The zero-order valence-corrected chi connectivity index (χ0v) is 9.75. The van der Waals surface area contributed by atoms with Crippen LogP contribution in [0.5, 0.6) is 5.75 Å². The molecule has 1 fully saturated rings. The third-order valence-electron chi connectivity index (χ3n) is 3.37. The molecule has 17 heavy (non-hydrogen) atoms. The van der Waals surface area contributed by atoms with Crippen molar-refractivity contribution in [2.45, 2.75) is 25.8 Å². The first-order chi connectivity index (χ1) is 8.13. The molecule has 0 amide bonds. The van der Waals surface area contributed by atoms with E-state index < -0.39 is 5.82 Å². The van der Waals surface area contributed by atoms with Gasteiger partial charge in [0, 0.05) is 25.8 Å². The molecule has 1 aliphatic carbocycles. The van der Waals surface area contributed by atoms with E-state index in [4.69, 9.17) is 5.11 Å². The lowest BCUT2D eigenvalue weighted by molar-refractivity contribution is 0.245. The molecule has 1 aromatic rings. The van der Waals surface area contributed by atoms with Crippen molar-refractivity contribution in [3.63, 3.8) is 0 Å². The van der Waals surface area contributed by atoms with Gasteiger partial charge in [0.15, 0.2) is 0 Å². The Hall–Kier alpha value is -1.13. The average molecular weight is 239 g/mol. The van der Waals surface area contributed by atoms with Crippen molar-refractivity contribution in [1.29, 1.82) is 0 Å². The van der Waals surface area contributed by atoms with E-state index in [-0.39, 0.29) is 17.8 Å². The quantitative estimate of drug-likeness (QED) is 0.709. The summed E-state index contributed by atoms with van der Waals surface area (Å²) >= 11 is 0. The molecule has 94 valence electrons. The van der Waals surface area contributed by atoms with Crippen molar-refractivity contribution in [3.05, 3.63) is 29.6 Å². The van der Waals surface area contributed by atoms with Crippen molar-refractivity contribution in [1.82, 2.24) is 5.32 Å². The smallest absolute Gasteiger partial charge is 0.127 e. The SMILES string of the molecule is OCCC1(CNCc2cc(O)cc(F)c2)CC1. The third-order valence-corrected chi connectivity index (χ3v) is 3.37. The second kappa shape index (κ2) is 5.02. The molecule has 1 aliphatic rings. The zero-order valence-electron chi connectivity index (χ0n) is 9.75. The summed E-state index contributed by atoms with van der Waals surface area (Å²) in [7, 11) is 0. The van der Waals surface area contributed by atoms with Crippen LogP contribution in [0.15, 0.2) is 18.2 Å². The molecule has 0 bridgehead atoms. The highest BCUT2D eigenvalue weighted by Crippen LogP contribution is 2.47. The fourth-order valence-corrected chi connectivity index (χ4v) is 2.14. The summed E-state index contributed by atoms with van der Waals surface area (Å²) in [6, 6.07) is 4.07. The first kappa shape index (κ1) is 12.3. The summed E-state index contributed by atoms with van der Waals surface area (Å²) in [6.07, 6.45) is 3.12. The van der Waals surface area contributed by atoms with Crippen molar-refractivity contribution in [3.8, 4) is 5.75 Å². The van der Waals surface area contributed by atoms with Crippen molar-refractivity contribution < 1.29 is 14.6 Å². The minimum atomic E-state index is -0.418. The monoisotopic (exact) mass is 239 g/mol. The van der Waals surface area contributed by atoms with Crippen LogP contribution >= 0.6 is 0 Å². The lowest BCUT2D eigenvalue weighted by Crippen LogP contribution is -2.24. The van der Waals surface area contributed by atoms with Crippen LogP contribution in [0.4, 0.5) is 4.39 Å². The highest BCUT2D eigenvalue weighted by atomic mass is 19.1. The molecule has 0 saturated heterocycles. The number of phenolic OH excluding ortho intramolecular Hbond substituents is 1. The Labute approximate surface area is 100 Å². The highest BCUT2D eigenvalue weighted by molar-refractivity contribution is 5.28. The van der Waals surface area contributed by atoms with E-state index in [2.05, 4.69) is 5.32 Å². The van der Waals surface area contributed by atoms with Gasteiger partial charge in [-0.25, -0.2) is 4.39 Å². The third kappa shape index (κ3) is 3.41. The maximum atomic E-state index is 13.0. The number of rotatable bonds is 6. The summed E-state index contributed by atoms with van der Waals surface area (Å²) in [5.41, 5.74) is 0.992. The second-order valence-electron chi connectivity index (χ2n) is 4.89. The number of halogens is 1. The van der Waals surface area contributed by atoms with E-state index in [9.17, 15) is 9.50 Å². The van der Waals surface area contributed by atoms with Gasteiger partial charge in [-0.05, 0) is 42.4 Å². The number of hydrogen-bond acceptors (Lipinski definition) is 3. The normalized spacial score (nSPS) is 17.1. The molecule has 0 aromatic heterocycles. The summed E-state index contributed by atoms with van der Waals surface area (Å²) in [6.45, 7) is 1.60. The second-order valence-corrected chi connectivity index (χ2v) is 4.89. The minimum Gasteiger partial charge on any atom is -0.508 e. The average Bonchev–Trinajstić information content (AvgIpc) is 2.97. The topological polar surface area (TPSA) is 52.5 Å². The van der Waals surface area contributed by atoms with Crippen LogP contribution < -0.4 is 5.32 Å². The van der Waals surface area contributed by atoms with Gasteiger partial charge >= 0.3 is 0 Å². The zero-order chi connectivity index (χ0) is 12.3. The lowest BCUT2D eigenvalue weighted by Gasteiger charge is -2.14. The molecule has 4 heteroatoms. The Morgan fingerprint density at radius 1 is 1.29 bits per heavy atom. The van der Waals surface area contributed by atoms with Crippen molar-refractivity contribution >= 4 is 0 Å². The molecule has 1 saturated carbocycles. The van der Waals surface area contributed by atoms with Gasteiger partial charge in [-0.3, -0.25) is 0 Å². The minimum absolute atomic E-state index is 0.0432. The van der Waals surface area contributed by atoms with Crippen LogP contribution in [-0.4, -0.2) is 23.4 Å². The summed E-state index contributed by atoms with van der Waals surface area (Å²) in [4.78, 5) is 0. The number of aliphatic hydroxyl groups excluding tert-OH is 1. The van der Waals surface area contributed by atoms with E-state index in [1.54, 1.807) is 6.07 Å². The van der Waals surface area contributed by atoms with Gasteiger partial charge in [0.1, 0.15) is 11.6 Å². The predicted molar refractivity (Wildman–Crippen MR) is 63.1 cm³/mol. The first-order valence-corrected chi connectivity index (χ1v) is 5.94. The highest BCUT2D eigenvalue weighted by Gasteiger charge is 2.41. The van der Waals surface area contributed by atoms with E-state index in [0.29, 0.717) is 6.54 Å². The van der Waals surface area contributed by atoms with Crippen molar-refractivity contribution in [2.24, 2.45) is 5.41 Å². The van der Waals surface area contributed by atoms with E-state index >= 15 is 0 Å². The Kier molecular flexibility index (Phi) is 3.64. The fraction of sp³-hybridized carbons (Fsp3) is 0.538. The Morgan fingerprint density at radius 3 is 2.65 bits per heavy atom.